The molecule has 2 aromatic carbocycles. The van der Waals surface area contributed by atoms with Crippen molar-refractivity contribution >= 4 is 21.6 Å². The molecule has 26 heavy (non-hydrogen) atoms. The lowest BCUT2D eigenvalue weighted by Gasteiger charge is -2.25. The third-order valence-electron chi connectivity index (χ3n) is 3.67. The summed E-state index contributed by atoms with van der Waals surface area (Å²) in [5.74, 6) is -0.990. The summed E-state index contributed by atoms with van der Waals surface area (Å²) in [6.07, 6.45) is -4.66. The van der Waals surface area contributed by atoms with Crippen LogP contribution in [-0.4, -0.2) is 20.9 Å². The average Bonchev–Trinajstić information content (AvgIpc) is 2.54. The summed E-state index contributed by atoms with van der Waals surface area (Å²) in [6.45, 7) is 2.46. The number of nitrogens with zero attached hydrogens (tertiary/aromatic N) is 1. The van der Waals surface area contributed by atoms with E-state index in [2.05, 4.69) is 0 Å². The van der Waals surface area contributed by atoms with Gasteiger partial charge in [-0.3, -0.25) is 9.10 Å². The number of alkyl halides is 3. The Balaban J connectivity index is 2.65. The van der Waals surface area contributed by atoms with E-state index in [-0.39, 0.29) is 10.6 Å². The highest BCUT2D eigenvalue weighted by molar-refractivity contribution is 7.93. The molecular weight excluding hydrogens is 369 g/mol. The van der Waals surface area contributed by atoms with E-state index in [4.69, 9.17) is 5.73 Å². The van der Waals surface area contributed by atoms with E-state index in [1.807, 2.05) is 0 Å². The molecule has 0 saturated heterocycles. The molecule has 0 spiro atoms. The minimum atomic E-state index is -4.66. The highest BCUT2D eigenvalue weighted by atomic mass is 32.2. The Labute approximate surface area is 149 Å². The Kier molecular flexibility index (Phi) is 5.31. The predicted octanol–water partition coefficient (Wildman–Crippen LogP) is 3.00. The van der Waals surface area contributed by atoms with Crippen molar-refractivity contribution in [2.75, 3.05) is 10.8 Å². The summed E-state index contributed by atoms with van der Waals surface area (Å²) in [6, 6.07) is 8.42. The molecule has 140 valence electrons. The van der Waals surface area contributed by atoms with Crippen LogP contribution >= 0.6 is 0 Å². The molecule has 0 unspecified atom stereocenters. The number of carbonyl (C=O) groups is 1. The summed E-state index contributed by atoms with van der Waals surface area (Å²) in [5.41, 5.74) is 4.86. The van der Waals surface area contributed by atoms with E-state index in [1.165, 1.54) is 12.1 Å². The van der Waals surface area contributed by atoms with Crippen LogP contribution in [0.15, 0.2) is 47.4 Å². The van der Waals surface area contributed by atoms with Crippen LogP contribution in [0.3, 0.4) is 0 Å². The topological polar surface area (TPSA) is 80.5 Å². The predicted molar refractivity (Wildman–Crippen MR) is 91.1 cm³/mol. The van der Waals surface area contributed by atoms with Gasteiger partial charge in [0.1, 0.15) is 6.54 Å². The number of hydrogen-bond acceptors (Lipinski definition) is 3. The van der Waals surface area contributed by atoms with Gasteiger partial charge in [0, 0.05) is 0 Å². The normalized spacial score (nSPS) is 12.0. The molecule has 0 aliphatic carbocycles. The number of aryl methyl sites for hydroxylation is 2. The van der Waals surface area contributed by atoms with Crippen molar-refractivity contribution in [1.82, 2.24) is 0 Å². The van der Waals surface area contributed by atoms with E-state index < -0.39 is 34.2 Å². The van der Waals surface area contributed by atoms with Crippen molar-refractivity contribution in [1.29, 1.82) is 0 Å². The third kappa shape index (κ3) is 4.16. The summed E-state index contributed by atoms with van der Waals surface area (Å²) in [4.78, 5) is 11.3. The molecule has 0 aliphatic rings. The van der Waals surface area contributed by atoms with E-state index >= 15 is 0 Å². The Morgan fingerprint density at radius 1 is 1.12 bits per heavy atom. The number of nitrogens with two attached hydrogens (primary N) is 1. The molecule has 5 nitrogen and oxygen atoms in total. The number of anilines is 1. The fraction of sp³-hybridized carbons (Fsp3) is 0.235. The van der Waals surface area contributed by atoms with Gasteiger partial charge in [0.25, 0.3) is 10.0 Å². The molecule has 0 aromatic heterocycles. The fourth-order valence-corrected chi connectivity index (χ4v) is 4.13. The van der Waals surface area contributed by atoms with Gasteiger partial charge in [0.15, 0.2) is 0 Å². The molecule has 0 atom stereocenters. The number of rotatable bonds is 5. The first-order chi connectivity index (χ1) is 11.9. The van der Waals surface area contributed by atoms with Gasteiger partial charge in [0.05, 0.1) is 16.1 Å². The summed E-state index contributed by atoms with van der Waals surface area (Å²) >= 11 is 0. The number of amides is 1. The summed E-state index contributed by atoms with van der Waals surface area (Å²) < 4.78 is 65.6. The highest BCUT2D eigenvalue weighted by Crippen LogP contribution is 2.33. The molecule has 0 saturated carbocycles. The Hall–Kier alpha value is -2.55. The Morgan fingerprint density at radius 2 is 1.77 bits per heavy atom. The molecule has 0 fully saturated rings. The van der Waals surface area contributed by atoms with Crippen LogP contribution in [0, 0.1) is 13.8 Å². The van der Waals surface area contributed by atoms with Crippen LogP contribution < -0.4 is 10.0 Å². The number of halogens is 3. The van der Waals surface area contributed by atoms with Gasteiger partial charge in [-0.05, 0) is 49.2 Å². The maximum absolute atomic E-state index is 13.0. The summed E-state index contributed by atoms with van der Waals surface area (Å²) in [7, 11) is -4.30. The van der Waals surface area contributed by atoms with Crippen LogP contribution in [0.4, 0.5) is 18.9 Å². The van der Waals surface area contributed by atoms with Gasteiger partial charge in [-0.15, -0.1) is 0 Å². The molecule has 0 aliphatic heterocycles. The van der Waals surface area contributed by atoms with Crippen molar-refractivity contribution in [2.24, 2.45) is 5.73 Å². The van der Waals surface area contributed by atoms with Gasteiger partial charge in [-0.25, -0.2) is 8.42 Å². The van der Waals surface area contributed by atoms with E-state index in [9.17, 15) is 26.4 Å². The molecule has 1 amide bonds. The van der Waals surface area contributed by atoms with Crippen LogP contribution in [-0.2, 0) is 21.0 Å². The Morgan fingerprint density at radius 3 is 2.35 bits per heavy atom. The number of primary amides is 1. The number of hydrogen-bond donors (Lipinski definition) is 1. The first kappa shape index (κ1) is 19.8. The second kappa shape index (κ2) is 6.99. The van der Waals surface area contributed by atoms with Crippen LogP contribution in [0.2, 0.25) is 0 Å². The van der Waals surface area contributed by atoms with E-state index in [1.54, 1.807) is 26.0 Å². The van der Waals surface area contributed by atoms with Gasteiger partial charge < -0.3 is 5.73 Å². The Bertz CT molecular complexity index is 941. The minimum Gasteiger partial charge on any atom is -0.368 e. The quantitative estimate of drug-likeness (QED) is 0.858. The second-order valence-corrected chi connectivity index (χ2v) is 7.63. The van der Waals surface area contributed by atoms with Crippen LogP contribution in [0.25, 0.3) is 0 Å². The van der Waals surface area contributed by atoms with E-state index in [0.717, 1.165) is 12.1 Å². The third-order valence-corrected chi connectivity index (χ3v) is 5.59. The van der Waals surface area contributed by atoms with Crippen molar-refractivity contribution in [2.45, 2.75) is 24.9 Å². The standard InChI is InChI=1S/C17H17F3N2O3S/c1-11-6-7-12(2)15(8-11)26(24,25)22(10-16(21)23)14-5-3-4-13(9-14)17(18,19)20/h3-9H,10H2,1-2H3,(H2,21,23). The zero-order valence-corrected chi connectivity index (χ0v) is 14.9. The molecule has 0 radical (unpaired) electrons. The van der Waals surface area contributed by atoms with E-state index in [0.29, 0.717) is 21.5 Å². The van der Waals surface area contributed by atoms with Gasteiger partial charge in [0.2, 0.25) is 5.91 Å². The van der Waals surface area contributed by atoms with Crippen molar-refractivity contribution in [3.05, 3.63) is 59.2 Å². The van der Waals surface area contributed by atoms with Crippen molar-refractivity contribution in [3.8, 4) is 0 Å². The largest absolute Gasteiger partial charge is 0.416 e. The van der Waals surface area contributed by atoms with Gasteiger partial charge in [-0.2, -0.15) is 13.2 Å². The second-order valence-electron chi connectivity index (χ2n) is 5.80. The lowest BCUT2D eigenvalue weighted by atomic mass is 10.2. The van der Waals surface area contributed by atoms with Gasteiger partial charge in [-0.1, -0.05) is 18.2 Å². The SMILES string of the molecule is Cc1ccc(C)c(S(=O)(=O)N(CC(N)=O)c2cccc(C(F)(F)F)c2)c1. The van der Waals surface area contributed by atoms with Crippen LogP contribution in [0.1, 0.15) is 16.7 Å². The molecule has 2 aromatic rings. The zero-order valence-electron chi connectivity index (χ0n) is 14.0. The highest BCUT2D eigenvalue weighted by Gasteiger charge is 2.33. The lowest BCUT2D eigenvalue weighted by molar-refractivity contribution is -0.137. The first-order valence-corrected chi connectivity index (χ1v) is 8.92. The molecule has 0 heterocycles. The molecular formula is C17H17F3N2O3S. The van der Waals surface area contributed by atoms with Crippen molar-refractivity contribution in [3.63, 3.8) is 0 Å². The smallest absolute Gasteiger partial charge is 0.368 e. The zero-order chi connectivity index (χ0) is 19.7. The molecule has 0 bridgehead atoms. The molecule has 9 heteroatoms. The fourth-order valence-electron chi connectivity index (χ4n) is 2.40. The minimum absolute atomic E-state index is 0.101. The summed E-state index contributed by atoms with van der Waals surface area (Å²) in [5, 5.41) is 0. The number of sulfonamides is 1. The van der Waals surface area contributed by atoms with Crippen LogP contribution in [0.5, 0.6) is 0 Å². The lowest BCUT2D eigenvalue weighted by Crippen LogP contribution is -2.39. The number of benzene rings is 2. The monoisotopic (exact) mass is 386 g/mol. The van der Waals surface area contributed by atoms with Crippen molar-refractivity contribution < 1.29 is 26.4 Å². The number of carbonyl (C=O) groups excluding carboxylic acids is 1. The maximum atomic E-state index is 13.0. The maximum Gasteiger partial charge on any atom is 0.416 e. The average molecular weight is 386 g/mol. The van der Waals surface area contributed by atoms with Gasteiger partial charge >= 0.3 is 6.18 Å². The molecule has 2 rings (SSSR count). The molecule has 2 N–H and O–H groups in total. The first-order valence-electron chi connectivity index (χ1n) is 7.48.